The number of aromatic nitrogens is 4. The van der Waals surface area contributed by atoms with E-state index in [4.69, 9.17) is 5.73 Å². The van der Waals surface area contributed by atoms with Crippen molar-refractivity contribution in [2.24, 2.45) is 7.05 Å². The van der Waals surface area contributed by atoms with E-state index in [0.717, 1.165) is 44.3 Å². The third kappa shape index (κ3) is 3.11. The molecule has 7 heteroatoms. The van der Waals surface area contributed by atoms with Gasteiger partial charge < -0.3 is 20.6 Å². The number of carbonyl (C=O) groups excluding carboxylic acids is 1. The maximum Gasteiger partial charge on any atom is 0.250 e. The minimum absolute atomic E-state index is 0.203. The van der Waals surface area contributed by atoms with Crippen LogP contribution in [-0.4, -0.2) is 25.4 Å². The van der Waals surface area contributed by atoms with Crippen molar-refractivity contribution in [3.63, 3.8) is 0 Å². The van der Waals surface area contributed by atoms with Crippen LogP contribution in [0, 0.1) is 0 Å². The monoisotopic (exact) mass is 422 g/mol. The van der Waals surface area contributed by atoms with Crippen molar-refractivity contribution in [1.82, 2.24) is 19.5 Å². The fourth-order valence-electron chi connectivity index (χ4n) is 4.05. The van der Waals surface area contributed by atoms with Gasteiger partial charge in [0, 0.05) is 35.6 Å². The summed E-state index contributed by atoms with van der Waals surface area (Å²) in [6.07, 6.45) is 3.41. The molecule has 1 amide bonds. The molecule has 0 aliphatic carbocycles. The zero-order valence-electron chi connectivity index (χ0n) is 17.8. The molecule has 2 aromatic carbocycles. The zero-order chi connectivity index (χ0) is 22.4. The highest BCUT2D eigenvalue weighted by Gasteiger charge is 2.22. The number of aromatic amines is 1. The topological polar surface area (TPSA) is 102 Å². The van der Waals surface area contributed by atoms with Crippen molar-refractivity contribution in [1.29, 1.82) is 0 Å². The highest BCUT2D eigenvalue weighted by Crippen LogP contribution is 2.42. The number of nitrogen functional groups attached to an aromatic ring is 1. The van der Waals surface area contributed by atoms with E-state index in [9.17, 15) is 4.79 Å². The van der Waals surface area contributed by atoms with E-state index in [-0.39, 0.29) is 5.91 Å². The Labute approximate surface area is 184 Å². The molecule has 7 nitrogen and oxygen atoms in total. The summed E-state index contributed by atoms with van der Waals surface area (Å²) in [6, 6.07) is 16.0. The number of hydrogen-bond acceptors (Lipinski definition) is 4. The van der Waals surface area contributed by atoms with Gasteiger partial charge in [0.05, 0.1) is 11.1 Å². The van der Waals surface area contributed by atoms with Gasteiger partial charge in [-0.25, -0.2) is 9.97 Å². The number of amides is 1. The van der Waals surface area contributed by atoms with Gasteiger partial charge in [0.1, 0.15) is 17.8 Å². The Balaban J connectivity index is 1.72. The van der Waals surface area contributed by atoms with Crippen molar-refractivity contribution < 1.29 is 4.79 Å². The molecular weight excluding hydrogens is 400 g/mol. The number of hydrogen-bond donors (Lipinski definition) is 3. The van der Waals surface area contributed by atoms with E-state index in [1.54, 1.807) is 6.92 Å². The van der Waals surface area contributed by atoms with Crippen LogP contribution in [0.4, 0.5) is 11.5 Å². The van der Waals surface area contributed by atoms with Gasteiger partial charge in [-0.3, -0.25) is 4.79 Å². The van der Waals surface area contributed by atoms with Crippen molar-refractivity contribution in [2.45, 2.75) is 6.92 Å². The Morgan fingerprint density at radius 2 is 1.84 bits per heavy atom. The minimum Gasteiger partial charge on any atom is -0.383 e. The largest absolute Gasteiger partial charge is 0.383 e. The molecule has 0 unspecified atom stereocenters. The molecule has 158 valence electrons. The lowest BCUT2D eigenvalue weighted by molar-refractivity contribution is -0.112. The number of H-pyrrole nitrogens is 1. The molecule has 0 bridgehead atoms. The fraction of sp³-hybridized carbons (Fsp3) is 0.0800. The summed E-state index contributed by atoms with van der Waals surface area (Å²) in [6.45, 7) is 5.36. The number of nitrogens with one attached hydrogen (secondary N) is 2. The van der Waals surface area contributed by atoms with Gasteiger partial charge in [0.2, 0.25) is 0 Å². The quantitative estimate of drug-likeness (QED) is 0.359. The number of anilines is 2. The van der Waals surface area contributed by atoms with Crippen molar-refractivity contribution in [3.05, 3.63) is 73.2 Å². The number of aryl methyl sites for hydroxylation is 1. The van der Waals surface area contributed by atoms with Crippen molar-refractivity contribution in [2.75, 3.05) is 11.1 Å². The van der Waals surface area contributed by atoms with Crippen LogP contribution >= 0.6 is 0 Å². The summed E-state index contributed by atoms with van der Waals surface area (Å²) in [5.74, 6) is 0.234. The minimum atomic E-state index is -0.203. The average Bonchev–Trinajstić information content (AvgIpc) is 3.37. The molecule has 5 rings (SSSR count). The molecule has 0 aliphatic heterocycles. The molecular formula is C25H22N6O. The lowest BCUT2D eigenvalue weighted by Gasteiger charge is -2.11. The second-order valence-electron chi connectivity index (χ2n) is 7.83. The lowest BCUT2D eigenvalue weighted by Crippen LogP contribution is -2.11. The van der Waals surface area contributed by atoms with Crippen LogP contribution in [0.3, 0.4) is 0 Å². The smallest absolute Gasteiger partial charge is 0.250 e. The van der Waals surface area contributed by atoms with E-state index >= 15 is 0 Å². The third-order valence-corrected chi connectivity index (χ3v) is 5.64. The Hall–Kier alpha value is -4.39. The van der Waals surface area contributed by atoms with Gasteiger partial charge in [-0.05, 0) is 53.8 Å². The number of carbonyl (C=O) groups is 1. The predicted octanol–water partition coefficient (Wildman–Crippen LogP) is 4.88. The highest BCUT2D eigenvalue weighted by molar-refractivity contribution is 6.09. The van der Waals surface area contributed by atoms with Gasteiger partial charge in [0.25, 0.3) is 5.91 Å². The SMILES string of the molecule is C=C(C)C(=O)Nc1ccc(-c2c(-c3ccc4[nH]ccc4c3)c3c(N)ncnc3n2C)cc1. The molecule has 0 saturated carbocycles. The Morgan fingerprint density at radius 3 is 2.59 bits per heavy atom. The standard InChI is InChI=1S/C25H22N6O/c1-14(2)25(32)30-18-7-4-15(5-8-18)22-20(17-6-9-19-16(12-17)10-11-27-19)21-23(26)28-13-29-24(21)31(22)3/h4-13,27H,1H2,2-3H3,(H,30,32)(H2,26,28,29). The summed E-state index contributed by atoms with van der Waals surface area (Å²) in [7, 11) is 1.97. The first-order valence-electron chi connectivity index (χ1n) is 10.2. The van der Waals surface area contributed by atoms with Gasteiger partial charge >= 0.3 is 0 Å². The maximum atomic E-state index is 12.0. The van der Waals surface area contributed by atoms with Crippen molar-refractivity contribution >= 4 is 39.3 Å². The summed E-state index contributed by atoms with van der Waals surface area (Å²) < 4.78 is 2.03. The molecule has 0 saturated heterocycles. The number of rotatable bonds is 4. The number of nitrogens with two attached hydrogens (primary N) is 1. The third-order valence-electron chi connectivity index (χ3n) is 5.64. The van der Waals surface area contributed by atoms with E-state index in [0.29, 0.717) is 17.1 Å². The molecule has 0 spiro atoms. The molecule has 0 aliphatic rings. The summed E-state index contributed by atoms with van der Waals surface area (Å²) >= 11 is 0. The number of fused-ring (bicyclic) bond motifs is 2. The first-order chi connectivity index (χ1) is 15.4. The van der Waals surface area contributed by atoms with Crippen LogP contribution in [0.2, 0.25) is 0 Å². The normalized spacial score (nSPS) is 11.2. The second-order valence-corrected chi connectivity index (χ2v) is 7.83. The maximum absolute atomic E-state index is 12.0. The summed E-state index contributed by atoms with van der Waals surface area (Å²) in [5, 5.41) is 4.77. The number of benzene rings is 2. The van der Waals surface area contributed by atoms with Crippen LogP contribution in [0.1, 0.15) is 6.92 Å². The van der Waals surface area contributed by atoms with Gasteiger partial charge in [-0.1, -0.05) is 24.8 Å². The van der Waals surface area contributed by atoms with E-state index in [1.807, 2.05) is 48.1 Å². The van der Waals surface area contributed by atoms with Crippen LogP contribution < -0.4 is 11.1 Å². The Morgan fingerprint density at radius 1 is 1.09 bits per heavy atom. The van der Waals surface area contributed by atoms with Crippen LogP contribution in [0.15, 0.2) is 73.2 Å². The van der Waals surface area contributed by atoms with Crippen LogP contribution in [-0.2, 0) is 11.8 Å². The second kappa shape index (κ2) is 7.39. The molecule has 5 aromatic rings. The summed E-state index contributed by atoms with van der Waals surface area (Å²) in [5.41, 5.74) is 13.3. The molecule has 0 fully saturated rings. The first-order valence-corrected chi connectivity index (χ1v) is 10.2. The predicted molar refractivity (Wildman–Crippen MR) is 129 cm³/mol. The highest BCUT2D eigenvalue weighted by atomic mass is 16.1. The van der Waals surface area contributed by atoms with Gasteiger partial charge in [0.15, 0.2) is 0 Å². The number of nitrogens with zero attached hydrogens (tertiary/aromatic N) is 3. The van der Waals surface area contributed by atoms with Crippen molar-refractivity contribution in [3.8, 4) is 22.4 Å². The summed E-state index contributed by atoms with van der Waals surface area (Å²) in [4.78, 5) is 23.9. The first kappa shape index (κ1) is 19.6. The van der Waals surface area contributed by atoms with E-state index in [1.165, 1.54) is 6.33 Å². The molecule has 0 radical (unpaired) electrons. The molecule has 3 heterocycles. The molecule has 3 aromatic heterocycles. The average molecular weight is 422 g/mol. The molecule has 32 heavy (non-hydrogen) atoms. The van der Waals surface area contributed by atoms with E-state index < -0.39 is 0 Å². The van der Waals surface area contributed by atoms with Gasteiger partial charge in [-0.2, -0.15) is 0 Å². The zero-order valence-corrected chi connectivity index (χ0v) is 17.8. The molecule has 4 N–H and O–H groups in total. The molecule has 0 atom stereocenters. The van der Waals surface area contributed by atoms with Gasteiger partial charge in [-0.15, -0.1) is 0 Å². The Kier molecular flexibility index (Phi) is 4.52. The lowest BCUT2D eigenvalue weighted by atomic mass is 9.97. The fourth-order valence-corrected chi connectivity index (χ4v) is 4.05. The van der Waals surface area contributed by atoms with E-state index in [2.05, 4.69) is 45.0 Å². The Bertz CT molecular complexity index is 1510. The van der Waals surface area contributed by atoms with Crippen LogP contribution in [0.5, 0.6) is 0 Å². The van der Waals surface area contributed by atoms with Crippen LogP contribution in [0.25, 0.3) is 44.3 Å².